The summed E-state index contributed by atoms with van der Waals surface area (Å²) in [5.74, 6) is -0.166. The largest absolute Gasteiger partial charge is 0.416 e. The molecule has 3 aromatic rings. The molecule has 3 rings (SSSR count). The van der Waals surface area contributed by atoms with Gasteiger partial charge in [0.1, 0.15) is 11.6 Å². The Morgan fingerprint density at radius 3 is 2.50 bits per heavy atom. The normalized spacial score (nSPS) is 12.1. The third kappa shape index (κ3) is 2.57. The number of fused-ring (bicyclic) bond motifs is 1. The summed E-state index contributed by atoms with van der Waals surface area (Å²) in [5.41, 5.74) is 0.193. The van der Waals surface area contributed by atoms with Gasteiger partial charge < -0.3 is 4.57 Å². The molecule has 0 aliphatic rings. The van der Waals surface area contributed by atoms with Crippen molar-refractivity contribution in [3.05, 3.63) is 51.3 Å². The van der Waals surface area contributed by atoms with E-state index in [1.165, 1.54) is 12.1 Å². The summed E-state index contributed by atoms with van der Waals surface area (Å²) < 4.78 is 54.7. The molecule has 2 nitrogen and oxygen atoms in total. The summed E-state index contributed by atoms with van der Waals surface area (Å²) >= 11 is 2.04. The molecule has 0 amide bonds. The first-order valence-electron chi connectivity index (χ1n) is 6.26. The van der Waals surface area contributed by atoms with Crippen LogP contribution in [0.3, 0.4) is 0 Å². The van der Waals surface area contributed by atoms with Gasteiger partial charge in [-0.1, -0.05) is 0 Å². The number of alkyl halides is 3. The van der Waals surface area contributed by atoms with Gasteiger partial charge in [-0.3, -0.25) is 0 Å². The molecule has 0 aliphatic carbocycles. The van der Waals surface area contributed by atoms with Gasteiger partial charge in [0.05, 0.1) is 22.2 Å². The van der Waals surface area contributed by atoms with E-state index in [4.69, 9.17) is 0 Å². The van der Waals surface area contributed by atoms with Gasteiger partial charge >= 0.3 is 6.18 Å². The second kappa shape index (κ2) is 5.22. The molecule has 0 atom stereocenters. The summed E-state index contributed by atoms with van der Waals surface area (Å²) in [6.07, 6.45) is -4.43. The van der Waals surface area contributed by atoms with Crippen LogP contribution in [0.4, 0.5) is 17.6 Å². The lowest BCUT2D eigenvalue weighted by Crippen LogP contribution is -2.04. The summed E-state index contributed by atoms with van der Waals surface area (Å²) in [5, 5.41) is 0. The lowest BCUT2D eigenvalue weighted by Gasteiger charge is -2.06. The van der Waals surface area contributed by atoms with Crippen LogP contribution in [0.5, 0.6) is 0 Å². The van der Waals surface area contributed by atoms with Crippen LogP contribution in [-0.4, -0.2) is 9.55 Å². The van der Waals surface area contributed by atoms with E-state index < -0.39 is 17.6 Å². The van der Waals surface area contributed by atoms with Crippen LogP contribution in [0.25, 0.3) is 22.4 Å². The summed E-state index contributed by atoms with van der Waals surface area (Å²) in [6, 6.07) is 7.87. The highest BCUT2D eigenvalue weighted by Gasteiger charge is 2.31. The fraction of sp³-hybridized carbons (Fsp3) is 0.133. The number of halogens is 5. The molecule has 0 fully saturated rings. The average molecular weight is 420 g/mol. The van der Waals surface area contributed by atoms with Crippen molar-refractivity contribution in [2.75, 3.05) is 0 Å². The zero-order valence-corrected chi connectivity index (χ0v) is 13.4. The van der Waals surface area contributed by atoms with E-state index in [9.17, 15) is 17.6 Å². The van der Waals surface area contributed by atoms with E-state index in [2.05, 4.69) is 4.98 Å². The zero-order chi connectivity index (χ0) is 16.1. The summed E-state index contributed by atoms with van der Waals surface area (Å²) in [6.45, 7) is 0. The van der Waals surface area contributed by atoms with E-state index in [0.29, 0.717) is 11.3 Å². The molecule has 114 valence electrons. The second-order valence-electron chi connectivity index (χ2n) is 4.82. The minimum Gasteiger partial charge on any atom is -0.327 e. The minimum atomic E-state index is -4.43. The molecule has 0 spiro atoms. The molecule has 0 bridgehead atoms. The van der Waals surface area contributed by atoms with Gasteiger partial charge in [-0.2, -0.15) is 13.2 Å². The van der Waals surface area contributed by atoms with E-state index in [-0.39, 0.29) is 11.1 Å². The lowest BCUT2D eigenvalue weighted by atomic mass is 10.2. The minimum absolute atomic E-state index is 0.186. The third-order valence-electron chi connectivity index (χ3n) is 3.38. The number of benzene rings is 2. The van der Waals surface area contributed by atoms with Gasteiger partial charge in [0, 0.05) is 10.6 Å². The Balaban J connectivity index is 2.24. The average Bonchev–Trinajstić information content (AvgIpc) is 2.77. The van der Waals surface area contributed by atoms with Crippen molar-refractivity contribution >= 4 is 33.6 Å². The van der Waals surface area contributed by atoms with Crippen LogP contribution in [0.1, 0.15) is 5.56 Å². The van der Waals surface area contributed by atoms with Crippen molar-refractivity contribution in [1.29, 1.82) is 0 Å². The Labute approximate surface area is 136 Å². The van der Waals surface area contributed by atoms with Crippen LogP contribution in [0.15, 0.2) is 36.4 Å². The van der Waals surface area contributed by atoms with E-state index >= 15 is 0 Å². The highest BCUT2D eigenvalue weighted by atomic mass is 127. The topological polar surface area (TPSA) is 17.8 Å². The predicted molar refractivity (Wildman–Crippen MR) is 83.8 cm³/mol. The number of hydrogen-bond donors (Lipinski definition) is 0. The number of imidazole rings is 1. The van der Waals surface area contributed by atoms with Crippen molar-refractivity contribution in [3.8, 4) is 11.4 Å². The van der Waals surface area contributed by atoms with Gasteiger partial charge in [0.25, 0.3) is 0 Å². The maximum absolute atomic E-state index is 14.0. The van der Waals surface area contributed by atoms with Crippen molar-refractivity contribution in [2.45, 2.75) is 6.18 Å². The third-order valence-corrected chi connectivity index (χ3v) is 4.05. The molecule has 0 radical (unpaired) electrons. The number of aromatic nitrogens is 2. The highest BCUT2D eigenvalue weighted by molar-refractivity contribution is 14.1. The van der Waals surface area contributed by atoms with Crippen LogP contribution >= 0.6 is 22.6 Å². The molecule has 22 heavy (non-hydrogen) atoms. The van der Waals surface area contributed by atoms with Crippen molar-refractivity contribution in [2.24, 2.45) is 7.05 Å². The fourth-order valence-electron chi connectivity index (χ4n) is 2.29. The first-order chi connectivity index (χ1) is 10.3. The van der Waals surface area contributed by atoms with Crippen LogP contribution < -0.4 is 0 Å². The highest BCUT2D eigenvalue weighted by Crippen LogP contribution is 2.33. The van der Waals surface area contributed by atoms with E-state index in [1.807, 2.05) is 22.6 Å². The molecular formula is C15H9F4IN2. The lowest BCUT2D eigenvalue weighted by molar-refractivity contribution is -0.137. The molecule has 1 heterocycles. The Hall–Kier alpha value is -1.64. The molecule has 0 saturated carbocycles. The molecule has 7 heteroatoms. The van der Waals surface area contributed by atoms with Crippen molar-refractivity contribution in [1.82, 2.24) is 9.55 Å². The van der Waals surface area contributed by atoms with Crippen LogP contribution in [0.2, 0.25) is 0 Å². The zero-order valence-electron chi connectivity index (χ0n) is 11.2. The van der Waals surface area contributed by atoms with Gasteiger partial charge in [0.15, 0.2) is 0 Å². The van der Waals surface area contributed by atoms with Crippen LogP contribution in [-0.2, 0) is 13.2 Å². The number of rotatable bonds is 1. The molecule has 2 aromatic carbocycles. The molecule has 0 saturated heterocycles. The monoisotopic (exact) mass is 420 g/mol. The number of aryl methyl sites for hydroxylation is 1. The maximum atomic E-state index is 14.0. The smallest absolute Gasteiger partial charge is 0.327 e. The summed E-state index contributed by atoms with van der Waals surface area (Å²) in [4.78, 5) is 4.18. The van der Waals surface area contributed by atoms with E-state index in [1.54, 1.807) is 23.7 Å². The fourth-order valence-corrected chi connectivity index (χ4v) is 2.78. The van der Waals surface area contributed by atoms with Crippen molar-refractivity contribution < 1.29 is 17.6 Å². The molecular weight excluding hydrogens is 411 g/mol. The number of nitrogens with zero attached hydrogens (tertiary/aromatic N) is 2. The molecule has 0 N–H and O–H groups in total. The predicted octanol–water partition coefficient (Wildman–Crippen LogP) is 5.00. The maximum Gasteiger partial charge on any atom is 0.416 e. The Morgan fingerprint density at radius 1 is 1.09 bits per heavy atom. The summed E-state index contributed by atoms with van der Waals surface area (Å²) in [7, 11) is 1.65. The standard InChI is InChI=1S/C15H9F4IN2/c1-22-13-5-2-8(15(17,18)19)6-12(13)21-14(22)10-7-9(20)3-4-11(10)16/h2-7H,1H3. The second-order valence-corrected chi connectivity index (χ2v) is 6.07. The Kier molecular flexibility index (Phi) is 3.62. The van der Waals surface area contributed by atoms with Gasteiger partial charge in [-0.15, -0.1) is 0 Å². The quantitative estimate of drug-likeness (QED) is 0.400. The van der Waals surface area contributed by atoms with Crippen molar-refractivity contribution in [3.63, 3.8) is 0 Å². The Bertz CT molecular complexity index is 868. The van der Waals surface area contributed by atoms with Crippen LogP contribution in [0, 0.1) is 9.39 Å². The van der Waals surface area contributed by atoms with Gasteiger partial charge in [-0.05, 0) is 59.0 Å². The first kappa shape index (κ1) is 15.3. The molecule has 0 unspecified atom stereocenters. The van der Waals surface area contributed by atoms with E-state index in [0.717, 1.165) is 15.7 Å². The number of hydrogen-bond acceptors (Lipinski definition) is 1. The molecule has 0 aliphatic heterocycles. The SMILES string of the molecule is Cn1c(-c2cc(I)ccc2F)nc2cc(C(F)(F)F)ccc21. The van der Waals surface area contributed by atoms with Gasteiger partial charge in [-0.25, -0.2) is 9.37 Å². The molecule has 1 aromatic heterocycles. The Morgan fingerprint density at radius 2 is 1.82 bits per heavy atom. The first-order valence-corrected chi connectivity index (χ1v) is 7.34. The van der Waals surface area contributed by atoms with Gasteiger partial charge in [0.2, 0.25) is 0 Å².